The fourth-order valence-electron chi connectivity index (χ4n) is 2.72. The summed E-state index contributed by atoms with van der Waals surface area (Å²) in [5.41, 5.74) is 7.98. The predicted molar refractivity (Wildman–Crippen MR) is 114 cm³/mol. The lowest BCUT2D eigenvalue weighted by molar-refractivity contribution is 0.102. The van der Waals surface area contributed by atoms with Crippen molar-refractivity contribution >= 4 is 17.3 Å². The maximum absolute atomic E-state index is 12.6. The number of aromatic amines is 1. The van der Waals surface area contributed by atoms with Gasteiger partial charge in [-0.15, -0.1) is 0 Å². The van der Waals surface area contributed by atoms with Crippen molar-refractivity contribution in [1.82, 2.24) is 15.0 Å². The van der Waals surface area contributed by atoms with E-state index in [0.717, 1.165) is 18.7 Å². The van der Waals surface area contributed by atoms with Crippen LogP contribution in [0.1, 0.15) is 29.5 Å². The standard InChI is InChI=1S/C21H24N6O2/c1-2-19-24-11-8-17(26-19)15-12-18(21(29)25-13-15)27-20(28)14-4-6-16(7-5-14)23-10-3-9-22/h4-8,11-13,23H,2-3,9-10,22H2,1H3,(H,25,29)(H,27,28). The Hall–Kier alpha value is -3.52. The van der Waals surface area contributed by atoms with Crippen LogP contribution < -0.4 is 21.9 Å². The molecule has 0 aliphatic rings. The molecule has 8 nitrogen and oxygen atoms in total. The Morgan fingerprint density at radius 3 is 2.72 bits per heavy atom. The molecule has 8 heteroatoms. The monoisotopic (exact) mass is 392 g/mol. The molecule has 0 saturated carbocycles. The zero-order chi connectivity index (χ0) is 20.6. The number of carbonyl (C=O) groups excluding carboxylic acids is 1. The molecule has 0 spiro atoms. The first-order valence-corrected chi connectivity index (χ1v) is 9.51. The van der Waals surface area contributed by atoms with E-state index in [1.807, 2.05) is 19.1 Å². The number of hydrogen-bond acceptors (Lipinski definition) is 6. The van der Waals surface area contributed by atoms with Gasteiger partial charge in [0.1, 0.15) is 11.5 Å². The Balaban J connectivity index is 1.75. The van der Waals surface area contributed by atoms with Crippen LogP contribution in [0.2, 0.25) is 0 Å². The van der Waals surface area contributed by atoms with Gasteiger partial charge in [-0.2, -0.15) is 0 Å². The molecule has 0 aliphatic heterocycles. The van der Waals surface area contributed by atoms with Crippen molar-refractivity contribution in [2.45, 2.75) is 19.8 Å². The highest BCUT2D eigenvalue weighted by molar-refractivity contribution is 6.04. The Morgan fingerprint density at radius 2 is 2.00 bits per heavy atom. The second kappa shape index (κ2) is 9.61. The van der Waals surface area contributed by atoms with E-state index in [-0.39, 0.29) is 17.2 Å². The molecule has 0 bridgehead atoms. The maximum Gasteiger partial charge on any atom is 0.271 e. The number of carbonyl (C=O) groups is 1. The van der Waals surface area contributed by atoms with E-state index in [1.165, 1.54) is 0 Å². The van der Waals surface area contributed by atoms with Gasteiger partial charge in [0.2, 0.25) is 0 Å². The molecule has 5 N–H and O–H groups in total. The van der Waals surface area contributed by atoms with E-state index in [9.17, 15) is 9.59 Å². The summed E-state index contributed by atoms with van der Waals surface area (Å²) in [6.45, 7) is 3.36. The quantitative estimate of drug-likeness (QED) is 0.436. The molecule has 0 atom stereocenters. The highest BCUT2D eigenvalue weighted by atomic mass is 16.2. The third-order valence-electron chi connectivity index (χ3n) is 4.33. The third-order valence-corrected chi connectivity index (χ3v) is 4.33. The second-order valence-corrected chi connectivity index (χ2v) is 6.44. The van der Waals surface area contributed by atoms with Crippen molar-refractivity contribution < 1.29 is 4.79 Å². The number of nitrogens with two attached hydrogens (primary N) is 1. The van der Waals surface area contributed by atoms with Crippen molar-refractivity contribution in [3.05, 3.63) is 70.5 Å². The fourth-order valence-corrected chi connectivity index (χ4v) is 2.72. The number of rotatable bonds is 8. The number of amides is 1. The number of nitrogens with one attached hydrogen (secondary N) is 3. The topological polar surface area (TPSA) is 126 Å². The van der Waals surface area contributed by atoms with Crippen LogP contribution in [-0.4, -0.2) is 33.9 Å². The summed E-state index contributed by atoms with van der Waals surface area (Å²) < 4.78 is 0. The molecule has 1 amide bonds. The van der Waals surface area contributed by atoms with Gasteiger partial charge in [-0.1, -0.05) is 6.92 Å². The molecule has 2 heterocycles. The molecule has 29 heavy (non-hydrogen) atoms. The van der Waals surface area contributed by atoms with Gasteiger partial charge in [0.25, 0.3) is 11.5 Å². The number of aryl methyl sites for hydroxylation is 1. The minimum atomic E-state index is -0.382. The van der Waals surface area contributed by atoms with Crippen molar-refractivity contribution in [2.75, 3.05) is 23.7 Å². The van der Waals surface area contributed by atoms with Crippen molar-refractivity contribution in [1.29, 1.82) is 0 Å². The first-order chi connectivity index (χ1) is 14.1. The normalized spacial score (nSPS) is 10.6. The molecule has 0 fully saturated rings. The van der Waals surface area contributed by atoms with Crippen LogP contribution in [0.25, 0.3) is 11.3 Å². The van der Waals surface area contributed by atoms with Gasteiger partial charge in [-0.05, 0) is 49.4 Å². The summed E-state index contributed by atoms with van der Waals surface area (Å²) in [5, 5.41) is 5.90. The first-order valence-electron chi connectivity index (χ1n) is 9.51. The average Bonchev–Trinajstić information content (AvgIpc) is 2.76. The highest BCUT2D eigenvalue weighted by Gasteiger charge is 2.11. The molecule has 150 valence electrons. The highest BCUT2D eigenvalue weighted by Crippen LogP contribution is 2.18. The fraction of sp³-hybridized carbons (Fsp3) is 0.238. The predicted octanol–water partition coefficient (Wildman–Crippen LogP) is 2.41. The lowest BCUT2D eigenvalue weighted by atomic mass is 10.1. The molecular formula is C21H24N6O2. The summed E-state index contributed by atoms with van der Waals surface area (Å²) in [6.07, 6.45) is 4.82. The summed E-state index contributed by atoms with van der Waals surface area (Å²) in [4.78, 5) is 36.0. The average molecular weight is 392 g/mol. The molecule has 2 aromatic heterocycles. The Labute approximate surface area is 168 Å². The lowest BCUT2D eigenvalue weighted by Crippen LogP contribution is -2.19. The SMILES string of the molecule is CCc1nccc(-c2c[nH]c(=O)c(NC(=O)c3ccc(NCCCN)cc3)c2)n1. The van der Waals surface area contributed by atoms with Crippen LogP contribution in [0.15, 0.2) is 53.6 Å². The number of hydrogen-bond donors (Lipinski definition) is 4. The van der Waals surface area contributed by atoms with E-state index in [1.54, 1.807) is 36.7 Å². The van der Waals surface area contributed by atoms with Crippen molar-refractivity contribution in [3.63, 3.8) is 0 Å². The van der Waals surface area contributed by atoms with Crippen LogP contribution in [-0.2, 0) is 6.42 Å². The van der Waals surface area contributed by atoms with Gasteiger partial charge in [0.15, 0.2) is 0 Å². The molecule has 3 rings (SSSR count). The zero-order valence-electron chi connectivity index (χ0n) is 16.2. The van der Waals surface area contributed by atoms with Crippen LogP contribution >= 0.6 is 0 Å². The number of benzene rings is 1. The Bertz CT molecular complexity index is 1030. The van der Waals surface area contributed by atoms with E-state index >= 15 is 0 Å². The van der Waals surface area contributed by atoms with E-state index < -0.39 is 0 Å². The Morgan fingerprint density at radius 1 is 1.21 bits per heavy atom. The number of H-pyrrole nitrogens is 1. The second-order valence-electron chi connectivity index (χ2n) is 6.44. The van der Waals surface area contributed by atoms with Crippen molar-refractivity contribution in [3.8, 4) is 11.3 Å². The van der Waals surface area contributed by atoms with E-state index in [2.05, 4.69) is 25.6 Å². The summed E-state index contributed by atoms with van der Waals surface area (Å²) >= 11 is 0. The Kier molecular flexibility index (Phi) is 6.70. The van der Waals surface area contributed by atoms with Crippen molar-refractivity contribution in [2.24, 2.45) is 5.73 Å². The largest absolute Gasteiger partial charge is 0.385 e. The van der Waals surface area contributed by atoms with Gasteiger partial charge in [-0.3, -0.25) is 9.59 Å². The molecule has 3 aromatic rings. The summed E-state index contributed by atoms with van der Waals surface area (Å²) in [7, 11) is 0. The van der Waals surface area contributed by atoms with Crippen LogP contribution in [0, 0.1) is 0 Å². The maximum atomic E-state index is 12.6. The molecule has 0 radical (unpaired) electrons. The summed E-state index contributed by atoms with van der Waals surface area (Å²) in [5.74, 6) is 0.345. The summed E-state index contributed by atoms with van der Waals surface area (Å²) in [6, 6.07) is 10.4. The minimum Gasteiger partial charge on any atom is -0.385 e. The first kappa shape index (κ1) is 20.2. The minimum absolute atomic E-state index is 0.161. The number of aromatic nitrogens is 3. The molecule has 0 unspecified atom stereocenters. The van der Waals surface area contributed by atoms with Crippen LogP contribution in [0.5, 0.6) is 0 Å². The molecule has 0 aliphatic carbocycles. The lowest BCUT2D eigenvalue weighted by Gasteiger charge is -2.09. The van der Waals surface area contributed by atoms with Gasteiger partial charge in [-0.25, -0.2) is 9.97 Å². The smallest absolute Gasteiger partial charge is 0.271 e. The molecular weight excluding hydrogens is 368 g/mol. The number of pyridine rings is 1. The number of nitrogens with zero attached hydrogens (tertiary/aromatic N) is 2. The van der Waals surface area contributed by atoms with E-state index in [0.29, 0.717) is 35.6 Å². The van der Waals surface area contributed by atoms with E-state index in [4.69, 9.17) is 5.73 Å². The van der Waals surface area contributed by atoms with Gasteiger partial charge in [0, 0.05) is 42.2 Å². The van der Waals surface area contributed by atoms with Gasteiger partial charge >= 0.3 is 0 Å². The zero-order valence-corrected chi connectivity index (χ0v) is 16.2. The number of anilines is 2. The van der Waals surface area contributed by atoms with Crippen LogP contribution in [0.3, 0.4) is 0 Å². The third kappa shape index (κ3) is 5.26. The van der Waals surface area contributed by atoms with Gasteiger partial charge in [0.05, 0.1) is 5.69 Å². The van der Waals surface area contributed by atoms with Crippen LogP contribution in [0.4, 0.5) is 11.4 Å². The van der Waals surface area contributed by atoms with Gasteiger partial charge < -0.3 is 21.4 Å². The molecule has 1 aromatic carbocycles. The molecule has 0 saturated heterocycles.